The van der Waals surface area contributed by atoms with Crippen LogP contribution in [0.5, 0.6) is 0 Å². The average Bonchev–Trinajstić information content (AvgIpc) is 3.79. The molecule has 2 saturated carbocycles. The van der Waals surface area contributed by atoms with Crippen LogP contribution in [0.2, 0.25) is 0 Å². The first-order valence-electron chi connectivity index (χ1n) is 16.4. The molecular weight excluding hydrogens is 574 g/mol. The summed E-state index contributed by atoms with van der Waals surface area (Å²) >= 11 is 1.81. The largest absolute Gasteiger partial charge is 0.333 e. The van der Waals surface area contributed by atoms with Crippen LogP contribution >= 0.6 is 11.8 Å². The Morgan fingerprint density at radius 3 is 2.70 bits per heavy atom. The maximum absolute atomic E-state index is 16.5. The molecule has 0 aromatic rings. The second kappa shape index (κ2) is 12.0. The highest BCUT2D eigenvalue weighted by Gasteiger charge is 2.60. The van der Waals surface area contributed by atoms with Gasteiger partial charge >= 0.3 is 6.03 Å². The quantitative estimate of drug-likeness (QED) is 0.299. The number of rotatable bonds is 3. The Hall–Kier alpha value is -1.51. The Labute approximate surface area is 257 Å². The molecule has 7 fully saturated rings. The Morgan fingerprint density at radius 1 is 1.07 bits per heavy atom. The highest BCUT2D eigenvalue weighted by molar-refractivity contribution is 7.99. The molecule has 0 aromatic heterocycles. The zero-order valence-electron chi connectivity index (χ0n) is 25.3. The van der Waals surface area contributed by atoms with Gasteiger partial charge < -0.3 is 20.4 Å². The number of piperazine rings is 1. The molecule has 43 heavy (non-hydrogen) atoms. The topological polar surface area (TPSA) is 104 Å². The molecule has 0 radical (unpaired) electrons. The molecule has 10 nitrogen and oxygen atoms in total. The summed E-state index contributed by atoms with van der Waals surface area (Å²) < 4.78 is 32.3. The van der Waals surface area contributed by atoms with E-state index < -0.39 is 30.5 Å². The smallest absolute Gasteiger partial charge is 0.320 e. The van der Waals surface area contributed by atoms with E-state index in [1.807, 2.05) is 21.6 Å². The first kappa shape index (κ1) is 30.2. The highest BCUT2D eigenvalue weighted by Crippen LogP contribution is 2.45. The van der Waals surface area contributed by atoms with Crippen LogP contribution in [-0.4, -0.2) is 125 Å². The third kappa shape index (κ3) is 5.29. The monoisotopic (exact) mass is 622 g/mol. The summed E-state index contributed by atoms with van der Waals surface area (Å²) in [4.78, 5) is 33.0. The van der Waals surface area contributed by atoms with Crippen LogP contribution in [0.25, 0.3) is 0 Å². The zero-order chi connectivity index (χ0) is 30.0. The molecule has 2 aliphatic carbocycles. The number of halogens is 2. The third-order valence-electron chi connectivity index (χ3n) is 11.3. The molecule has 13 atom stereocenters. The van der Waals surface area contributed by atoms with E-state index in [4.69, 9.17) is 0 Å². The molecule has 5 aliphatic heterocycles. The van der Waals surface area contributed by atoms with Crippen molar-refractivity contribution >= 4 is 23.7 Å². The van der Waals surface area contributed by atoms with Crippen molar-refractivity contribution in [3.8, 4) is 0 Å². The summed E-state index contributed by atoms with van der Waals surface area (Å²) in [5.41, 5.74) is 0. The van der Waals surface area contributed by atoms with E-state index in [9.17, 15) is 9.59 Å². The van der Waals surface area contributed by atoms with Crippen LogP contribution in [0, 0.1) is 17.8 Å². The van der Waals surface area contributed by atoms with Gasteiger partial charge in [-0.1, -0.05) is 20.4 Å². The van der Waals surface area contributed by atoms with Crippen LogP contribution < -0.4 is 26.6 Å². The molecular formula is C30H48F2N8O2S. The summed E-state index contributed by atoms with van der Waals surface area (Å²) in [5.74, 6) is 0.301. The van der Waals surface area contributed by atoms with Gasteiger partial charge in [0.05, 0.1) is 23.7 Å². The van der Waals surface area contributed by atoms with Gasteiger partial charge in [0, 0.05) is 74.1 Å². The van der Waals surface area contributed by atoms with Crippen molar-refractivity contribution in [2.75, 3.05) is 32.1 Å². The van der Waals surface area contributed by atoms with Crippen LogP contribution in [0.15, 0.2) is 12.7 Å². The second-order valence-electron chi connectivity index (χ2n) is 13.9. The molecule has 0 spiro atoms. The maximum atomic E-state index is 16.5. The molecule has 5 heterocycles. The number of carbonyl (C=O) groups excluding carboxylic acids is 2. The van der Waals surface area contributed by atoms with Gasteiger partial charge in [0.25, 0.3) is 0 Å². The third-order valence-corrected chi connectivity index (χ3v) is 12.5. The number of hydrogen-bond acceptors (Lipinski definition) is 8. The van der Waals surface area contributed by atoms with Gasteiger partial charge in [-0.15, -0.1) is 11.8 Å². The lowest BCUT2D eigenvalue weighted by atomic mass is 9.72. The lowest BCUT2D eigenvalue weighted by Gasteiger charge is -2.59. The summed E-state index contributed by atoms with van der Waals surface area (Å²) in [6.07, 6.45) is 1.42. The van der Waals surface area contributed by atoms with E-state index in [2.05, 4.69) is 51.9 Å². The number of nitrogens with one attached hydrogen (secondary N) is 5. The van der Waals surface area contributed by atoms with Gasteiger partial charge in [0.1, 0.15) is 12.3 Å². The number of piperidine rings is 1. The highest BCUT2D eigenvalue weighted by atomic mass is 32.2. The van der Waals surface area contributed by atoms with E-state index in [-0.39, 0.29) is 71.9 Å². The number of thioether (sulfide) groups is 1. The number of carbonyl (C=O) groups is 2. The van der Waals surface area contributed by atoms with Crippen LogP contribution in [0.1, 0.15) is 46.0 Å². The molecule has 5 N–H and O–H groups in total. The Balaban J connectivity index is 1.25. The van der Waals surface area contributed by atoms with Crippen molar-refractivity contribution in [1.29, 1.82) is 0 Å². The number of fused-ring (bicyclic) bond motifs is 6. The van der Waals surface area contributed by atoms with Gasteiger partial charge in [-0.3, -0.25) is 25.6 Å². The molecule has 7 rings (SSSR count). The van der Waals surface area contributed by atoms with Gasteiger partial charge in [-0.2, -0.15) is 0 Å². The van der Waals surface area contributed by atoms with Crippen molar-refractivity contribution in [3.63, 3.8) is 0 Å². The normalized spacial score (nSPS) is 46.8. The minimum atomic E-state index is -1.23. The predicted octanol–water partition coefficient (Wildman–Crippen LogP) is 1.16. The SMILES string of the molecule is C=CC(=O)N1CCN(C2NC(=O)N3C4NC(C(F)CC42)C2C(F)CCCC2NCCSC2NCNC(C(C)C)C23)[C@H]2C[C@H]21. The molecule has 2 bridgehead atoms. The van der Waals surface area contributed by atoms with Crippen molar-refractivity contribution in [2.24, 2.45) is 17.8 Å². The molecule has 0 aromatic carbocycles. The van der Waals surface area contributed by atoms with Crippen molar-refractivity contribution in [2.45, 2.75) is 112 Å². The second-order valence-corrected chi connectivity index (χ2v) is 15.2. The standard InChI is InChI=1S/C30H48F2N8O2S/c1-4-22(41)38-9-10-39(21-13-20(21)38)27-16-12-18(32)25-23-17(31)6-5-7-19(23)33-8-11-43-29-26(24(15(2)3)34-14-35-29)40(28(16)36-25)30(42)37-27/h4,15-21,23-29,33-36H,1,5-14H2,2-3H3,(H,37,42)/t16?,17?,18?,19?,20-,21+,23?,24?,25?,26?,27?,28?,29?/m1/s1. The minimum absolute atomic E-state index is 0.00136. The van der Waals surface area contributed by atoms with Gasteiger partial charge in [0.2, 0.25) is 5.91 Å². The fraction of sp³-hybridized carbons (Fsp3) is 0.867. The van der Waals surface area contributed by atoms with Gasteiger partial charge in [-0.05, 0) is 44.1 Å². The number of nitrogens with zero attached hydrogens (tertiary/aromatic N) is 3. The average molecular weight is 623 g/mol. The van der Waals surface area contributed by atoms with Crippen molar-refractivity contribution in [3.05, 3.63) is 12.7 Å². The summed E-state index contributed by atoms with van der Waals surface area (Å²) in [5, 5.41) is 17.9. The van der Waals surface area contributed by atoms with E-state index in [0.29, 0.717) is 26.2 Å². The number of alkyl halides is 2. The van der Waals surface area contributed by atoms with Crippen LogP contribution in [0.3, 0.4) is 0 Å². The Kier molecular flexibility index (Phi) is 8.43. The van der Waals surface area contributed by atoms with E-state index in [0.717, 1.165) is 31.6 Å². The number of urea groups is 1. The fourth-order valence-electron chi connectivity index (χ4n) is 9.26. The Bertz CT molecular complexity index is 1090. The molecule has 3 amide bonds. The lowest BCUT2D eigenvalue weighted by molar-refractivity contribution is -0.130. The summed E-state index contributed by atoms with van der Waals surface area (Å²) in [6.45, 7) is 10.6. The molecule has 5 saturated heterocycles. The molecule has 13 heteroatoms. The summed E-state index contributed by atoms with van der Waals surface area (Å²) in [6, 6.07) is -0.852. The zero-order valence-corrected chi connectivity index (χ0v) is 26.1. The molecule has 11 unspecified atom stereocenters. The first-order chi connectivity index (χ1) is 20.8. The molecule has 240 valence electrons. The lowest BCUT2D eigenvalue weighted by Crippen LogP contribution is -2.81. The van der Waals surface area contributed by atoms with Crippen LogP contribution in [0.4, 0.5) is 13.6 Å². The van der Waals surface area contributed by atoms with Crippen LogP contribution in [-0.2, 0) is 4.79 Å². The van der Waals surface area contributed by atoms with E-state index in [1.54, 1.807) is 0 Å². The van der Waals surface area contributed by atoms with Gasteiger partial charge in [0.15, 0.2) is 0 Å². The number of hydrogen-bond donors (Lipinski definition) is 5. The van der Waals surface area contributed by atoms with E-state index >= 15 is 8.78 Å². The number of amides is 3. The fourth-order valence-corrected chi connectivity index (χ4v) is 10.5. The predicted molar refractivity (Wildman–Crippen MR) is 163 cm³/mol. The van der Waals surface area contributed by atoms with Crippen molar-refractivity contribution in [1.82, 2.24) is 41.3 Å². The minimum Gasteiger partial charge on any atom is -0.333 e. The summed E-state index contributed by atoms with van der Waals surface area (Å²) in [7, 11) is 0. The molecule has 7 aliphatic rings. The Morgan fingerprint density at radius 2 is 1.91 bits per heavy atom. The van der Waals surface area contributed by atoms with Crippen molar-refractivity contribution < 1.29 is 18.4 Å². The maximum Gasteiger partial charge on any atom is 0.320 e. The first-order valence-corrected chi connectivity index (χ1v) is 17.5. The van der Waals surface area contributed by atoms with E-state index in [1.165, 1.54) is 6.08 Å². The van der Waals surface area contributed by atoms with Gasteiger partial charge in [-0.25, -0.2) is 13.6 Å².